The van der Waals surface area contributed by atoms with Crippen LogP contribution in [0.25, 0.3) is 0 Å². The van der Waals surface area contributed by atoms with E-state index in [1.807, 2.05) is 0 Å². The summed E-state index contributed by atoms with van der Waals surface area (Å²) in [5, 5.41) is 0. The van der Waals surface area contributed by atoms with Crippen molar-refractivity contribution in [1.82, 2.24) is 0 Å². The Morgan fingerprint density at radius 1 is 0.769 bits per heavy atom. The summed E-state index contributed by atoms with van der Waals surface area (Å²) in [5.74, 6) is 1.03. The molecule has 0 nitrogen and oxygen atoms in total. The van der Waals surface area contributed by atoms with Crippen LogP contribution >= 0.6 is 0 Å². The van der Waals surface area contributed by atoms with Crippen molar-refractivity contribution in [3.8, 4) is 0 Å². The molecule has 0 aromatic heterocycles. The molecular formula is C13H28. The molecule has 0 aromatic carbocycles. The zero-order valence-corrected chi connectivity index (χ0v) is 10.7. The van der Waals surface area contributed by atoms with Gasteiger partial charge in [-0.05, 0) is 29.6 Å². The first-order valence-corrected chi connectivity index (χ1v) is 5.61. The Morgan fingerprint density at radius 2 is 1.08 bits per heavy atom. The van der Waals surface area contributed by atoms with Gasteiger partial charge in [0.15, 0.2) is 0 Å². The largest absolute Gasteiger partial charge is 0.0604 e. The van der Waals surface area contributed by atoms with E-state index in [9.17, 15) is 0 Å². The Kier molecular flexibility index (Phi) is 4.48. The lowest BCUT2D eigenvalue weighted by Gasteiger charge is -2.37. The van der Waals surface area contributed by atoms with Crippen LogP contribution in [0.2, 0.25) is 0 Å². The van der Waals surface area contributed by atoms with Crippen LogP contribution < -0.4 is 0 Å². The third kappa shape index (κ3) is 8.33. The predicted molar refractivity (Wildman–Crippen MR) is 61.9 cm³/mol. The third-order valence-electron chi connectivity index (χ3n) is 2.33. The van der Waals surface area contributed by atoms with Gasteiger partial charge in [-0.3, -0.25) is 0 Å². The Hall–Kier alpha value is 0. The van der Waals surface area contributed by atoms with Crippen LogP contribution in [0.4, 0.5) is 0 Å². The van der Waals surface area contributed by atoms with Crippen molar-refractivity contribution in [3.63, 3.8) is 0 Å². The smallest absolute Gasteiger partial charge is 0.0354 e. The van der Waals surface area contributed by atoms with Crippen LogP contribution in [0.1, 0.15) is 67.7 Å². The summed E-state index contributed by atoms with van der Waals surface area (Å²) in [4.78, 5) is 0. The Morgan fingerprint density at radius 3 is 1.08 bits per heavy atom. The summed E-state index contributed by atoms with van der Waals surface area (Å²) in [6.07, 6.45) is 4.43. The van der Waals surface area contributed by atoms with Crippen molar-refractivity contribution in [3.05, 3.63) is 0 Å². The molecule has 0 bridgehead atoms. The molecular weight excluding hydrogens is 156 g/mol. The molecule has 1 rings (SSSR count). The minimum absolute atomic E-state index is 0.500. The number of hydrogen-bond donors (Lipinski definition) is 0. The quantitative estimate of drug-likeness (QED) is 0.503. The molecule has 1 saturated carbocycles. The van der Waals surface area contributed by atoms with E-state index in [-0.39, 0.29) is 0 Å². The van der Waals surface area contributed by atoms with Gasteiger partial charge in [-0.25, -0.2) is 0 Å². The molecule has 0 unspecified atom stereocenters. The molecule has 1 aliphatic rings. The van der Waals surface area contributed by atoms with Crippen molar-refractivity contribution < 1.29 is 0 Å². The van der Waals surface area contributed by atoms with Gasteiger partial charge in [-0.2, -0.15) is 0 Å². The van der Waals surface area contributed by atoms with E-state index in [4.69, 9.17) is 0 Å². The molecule has 0 aromatic rings. The van der Waals surface area contributed by atoms with Gasteiger partial charge in [0, 0.05) is 0 Å². The molecule has 0 heterocycles. The topological polar surface area (TPSA) is 0 Å². The molecule has 0 heteroatoms. The highest BCUT2D eigenvalue weighted by atomic mass is 14.3. The summed E-state index contributed by atoms with van der Waals surface area (Å²) < 4.78 is 0. The van der Waals surface area contributed by atoms with Crippen molar-refractivity contribution in [2.45, 2.75) is 67.7 Å². The highest BCUT2D eigenvalue weighted by Gasteiger charge is 2.29. The monoisotopic (exact) mass is 184 g/mol. The van der Waals surface area contributed by atoms with Crippen LogP contribution in [-0.2, 0) is 0 Å². The van der Waals surface area contributed by atoms with Gasteiger partial charge in [-0.1, -0.05) is 54.9 Å². The van der Waals surface area contributed by atoms with E-state index < -0.39 is 0 Å². The summed E-state index contributed by atoms with van der Waals surface area (Å²) in [6.45, 7) is 15.8. The van der Waals surface area contributed by atoms with Crippen LogP contribution in [0.15, 0.2) is 0 Å². The van der Waals surface area contributed by atoms with Crippen LogP contribution in [0.3, 0.4) is 0 Å². The molecule has 0 amide bonds. The molecule has 80 valence electrons. The van der Waals surface area contributed by atoms with Gasteiger partial charge in [0.25, 0.3) is 0 Å². The minimum atomic E-state index is 0.500. The van der Waals surface area contributed by atoms with E-state index >= 15 is 0 Å². The first-order valence-electron chi connectivity index (χ1n) is 5.61. The molecule has 0 radical (unpaired) electrons. The van der Waals surface area contributed by atoms with Gasteiger partial charge in [-0.15, -0.1) is 0 Å². The van der Waals surface area contributed by atoms with Crippen molar-refractivity contribution in [1.29, 1.82) is 0 Å². The third-order valence-corrected chi connectivity index (χ3v) is 2.33. The molecule has 0 spiro atoms. The summed E-state index contributed by atoms with van der Waals surface area (Å²) in [5.41, 5.74) is 1.10. The Bertz CT molecular complexity index is 121. The van der Waals surface area contributed by atoms with E-state index in [0.29, 0.717) is 10.8 Å². The molecule has 0 aliphatic heterocycles. The van der Waals surface area contributed by atoms with Crippen molar-refractivity contribution in [2.24, 2.45) is 16.7 Å². The molecule has 0 atom stereocenters. The second-order valence-electron chi connectivity index (χ2n) is 6.99. The van der Waals surface area contributed by atoms with E-state index in [1.165, 1.54) is 19.3 Å². The van der Waals surface area contributed by atoms with Gasteiger partial charge >= 0.3 is 0 Å². The lowest BCUT2D eigenvalue weighted by Crippen LogP contribution is -2.26. The maximum Gasteiger partial charge on any atom is -0.0354 e. The fourth-order valence-electron chi connectivity index (χ4n) is 1.27. The van der Waals surface area contributed by atoms with E-state index in [2.05, 4.69) is 48.5 Å². The Labute approximate surface area is 85.1 Å². The maximum absolute atomic E-state index is 2.34. The molecule has 0 N–H and O–H groups in total. The van der Waals surface area contributed by atoms with Gasteiger partial charge < -0.3 is 0 Å². The highest BCUT2D eigenvalue weighted by Crippen LogP contribution is 2.40. The standard InChI is InChI=1S/C8H16.C5H12/c1-8(2,3)7-5-4-6-7;1-5(2,3)4/h7H,4-6H2,1-3H3;1-4H3. The van der Waals surface area contributed by atoms with Crippen LogP contribution in [0, 0.1) is 16.7 Å². The first kappa shape index (κ1) is 13.0. The summed E-state index contributed by atoms with van der Waals surface area (Å²) >= 11 is 0. The molecule has 1 aliphatic carbocycles. The van der Waals surface area contributed by atoms with Gasteiger partial charge in [0.05, 0.1) is 0 Å². The summed E-state index contributed by atoms with van der Waals surface area (Å²) in [6, 6.07) is 0. The predicted octanol–water partition coefficient (Wildman–Crippen LogP) is 4.89. The van der Waals surface area contributed by atoms with Crippen LogP contribution in [-0.4, -0.2) is 0 Å². The number of rotatable bonds is 0. The zero-order chi connectivity index (χ0) is 10.7. The second-order valence-corrected chi connectivity index (χ2v) is 6.99. The summed E-state index contributed by atoms with van der Waals surface area (Å²) in [7, 11) is 0. The lowest BCUT2D eigenvalue weighted by atomic mass is 9.69. The van der Waals surface area contributed by atoms with Gasteiger partial charge in [0.2, 0.25) is 0 Å². The molecule has 0 saturated heterocycles. The molecule has 1 fully saturated rings. The first-order chi connectivity index (χ1) is 5.61. The fraction of sp³-hybridized carbons (Fsp3) is 1.00. The number of hydrogen-bond acceptors (Lipinski definition) is 0. The minimum Gasteiger partial charge on any atom is -0.0604 e. The SMILES string of the molecule is CC(C)(C)C.CC(C)(C)C1CCC1. The average Bonchev–Trinajstić information content (AvgIpc) is 1.43. The highest BCUT2D eigenvalue weighted by molar-refractivity contribution is 4.80. The Balaban J connectivity index is 0.000000252. The van der Waals surface area contributed by atoms with E-state index in [1.54, 1.807) is 0 Å². The average molecular weight is 184 g/mol. The second kappa shape index (κ2) is 4.48. The van der Waals surface area contributed by atoms with Crippen molar-refractivity contribution in [2.75, 3.05) is 0 Å². The normalized spacial score (nSPS) is 18.7. The van der Waals surface area contributed by atoms with Crippen LogP contribution in [0.5, 0.6) is 0 Å². The maximum atomic E-state index is 2.34. The van der Waals surface area contributed by atoms with Gasteiger partial charge in [0.1, 0.15) is 0 Å². The van der Waals surface area contributed by atoms with Crippen molar-refractivity contribution >= 4 is 0 Å². The lowest BCUT2D eigenvalue weighted by molar-refractivity contribution is 0.141. The fourth-order valence-corrected chi connectivity index (χ4v) is 1.27. The zero-order valence-electron chi connectivity index (χ0n) is 10.7. The van der Waals surface area contributed by atoms with E-state index in [0.717, 1.165) is 5.92 Å². The molecule has 13 heavy (non-hydrogen) atoms.